The highest BCUT2D eigenvalue weighted by Gasteiger charge is 2.19. The molecule has 0 saturated heterocycles. The van der Waals surface area contributed by atoms with Gasteiger partial charge in [0.25, 0.3) is 0 Å². The first kappa shape index (κ1) is 13.4. The number of thioether (sulfide) groups is 1. The lowest BCUT2D eigenvalue weighted by Gasteiger charge is -2.22. The lowest BCUT2D eigenvalue weighted by atomic mass is 10.0. The monoisotopic (exact) mass is 241 g/mol. The van der Waals surface area contributed by atoms with Crippen LogP contribution in [0.3, 0.4) is 0 Å². The largest absolute Gasteiger partial charge is 0.395 e. The fraction of sp³-hybridized carbons (Fsp3) is 0.636. The van der Waals surface area contributed by atoms with Gasteiger partial charge in [0.1, 0.15) is 5.03 Å². The average Bonchev–Trinajstić information content (AvgIpc) is 2.26. The number of hydrogen-bond acceptors (Lipinski definition) is 5. The second-order valence-corrected chi connectivity index (χ2v) is 5.44. The van der Waals surface area contributed by atoms with Crippen LogP contribution in [0.1, 0.15) is 20.3 Å². The van der Waals surface area contributed by atoms with E-state index in [1.807, 2.05) is 0 Å². The molecule has 4 nitrogen and oxygen atoms in total. The number of aliphatic hydroxyl groups excluding tert-OH is 1. The van der Waals surface area contributed by atoms with Crippen molar-refractivity contribution in [3.05, 3.63) is 18.6 Å². The molecule has 0 aromatic carbocycles. The molecule has 0 amide bonds. The normalized spacial score (nSPS) is 15.1. The van der Waals surface area contributed by atoms with E-state index >= 15 is 0 Å². The van der Waals surface area contributed by atoms with Gasteiger partial charge in [-0.2, -0.15) is 0 Å². The second kappa shape index (κ2) is 6.83. The van der Waals surface area contributed by atoms with E-state index in [-0.39, 0.29) is 17.9 Å². The fourth-order valence-corrected chi connectivity index (χ4v) is 2.37. The minimum Gasteiger partial charge on any atom is -0.395 e. The second-order valence-electron chi connectivity index (χ2n) is 4.18. The summed E-state index contributed by atoms with van der Waals surface area (Å²) in [5.74, 6) is 0.534. The molecule has 5 heteroatoms. The van der Waals surface area contributed by atoms with Crippen LogP contribution in [0.15, 0.2) is 23.6 Å². The van der Waals surface area contributed by atoms with Gasteiger partial charge in [0.2, 0.25) is 0 Å². The van der Waals surface area contributed by atoms with E-state index in [0.29, 0.717) is 5.92 Å². The zero-order chi connectivity index (χ0) is 12.0. The molecule has 0 saturated carbocycles. The van der Waals surface area contributed by atoms with E-state index in [4.69, 9.17) is 5.73 Å². The highest BCUT2D eigenvalue weighted by atomic mass is 32.2. The standard InChI is InChI=1S/C11H19N3OS/c1-8(2)5-9(12)10(7-15)16-11-6-13-3-4-14-11/h3-4,6,8-10,15H,5,7,12H2,1-2H3. The van der Waals surface area contributed by atoms with Crippen LogP contribution in [0, 0.1) is 5.92 Å². The summed E-state index contributed by atoms with van der Waals surface area (Å²) in [5.41, 5.74) is 6.05. The van der Waals surface area contributed by atoms with Gasteiger partial charge in [-0.25, -0.2) is 4.98 Å². The maximum absolute atomic E-state index is 9.32. The Kier molecular flexibility index (Phi) is 5.73. The number of aromatic nitrogens is 2. The molecule has 0 aliphatic carbocycles. The molecule has 90 valence electrons. The van der Waals surface area contributed by atoms with Gasteiger partial charge < -0.3 is 10.8 Å². The number of nitrogens with two attached hydrogens (primary N) is 1. The van der Waals surface area contributed by atoms with E-state index in [0.717, 1.165) is 11.4 Å². The Bertz CT molecular complexity index is 295. The van der Waals surface area contributed by atoms with Gasteiger partial charge in [-0.1, -0.05) is 25.6 Å². The maximum Gasteiger partial charge on any atom is 0.115 e. The molecule has 2 atom stereocenters. The highest BCUT2D eigenvalue weighted by molar-refractivity contribution is 7.99. The van der Waals surface area contributed by atoms with Crippen LogP contribution >= 0.6 is 11.8 Å². The van der Waals surface area contributed by atoms with Crippen molar-refractivity contribution in [3.8, 4) is 0 Å². The summed E-state index contributed by atoms with van der Waals surface area (Å²) in [6.07, 6.45) is 5.87. The van der Waals surface area contributed by atoms with Crippen molar-refractivity contribution in [2.45, 2.75) is 36.6 Å². The summed E-state index contributed by atoms with van der Waals surface area (Å²) >= 11 is 1.49. The summed E-state index contributed by atoms with van der Waals surface area (Å²) in [6, 6.07) is -0.0167. The van der Waals surface area contributed by atoms with Crippen molar-refractivity contribution in [2.75, 3.05) is 6.61 Å². The Morgan fingerprint density at radius 1 is 1.44 bits per heavy atom. The molecule has 0 radical (unpaired) electrons. The number of nitrogens with zero attached hydrogens (tertiary/aromatic N) is 2. The minimum atomic E-state index is -0.0167. The molecule has 1 heterocycles. The van der Waals surface area contributed by atoms with E-state index in [2.05, 4.69) is 23.8 Å². The van der Waals surface area contributed by atoms with Crippen LogP contribution < -0.4 is 5.73 Å². The molecule has 1 rings (SSSR count). The van der Waals surface area contributed by atoms with Gasteiger partial charge in [-0.05, 0) is 12.3 Å². The summed E-state index contributed by atoms with van der Waals surface area (Å²) in [6.45, 7) is 4.32. The first-order valence-electron chi connectivity index (χ1n) is 5.42. The molecule has 0 bridgehead atoms. The zero-order valence-corrected chi connectivity index (χ0v) is 10.5. The summed E-state index contributed by atoms with van der Waals surface area (Å²) in [4.78, 5) is 8.15. The molecule has 2 unspecified atom stereocenters. The van der Waals surface area contributed by atoms with Gasteiger partial charge >= 0.3 is 0 Å². The molecule has 3 N–H and O–H groups in total. The Morgan fingerprint density at radius 2 is 2.19 bits per heavy atom. The van der Waals surface area contributed by atoms with Gasteiger partial charge in [-0.15, -0.1) is 0 Å². The van der Waals surface area contributed by atoms with Gasteiger partial charge in [-0.3, -0.25) is 4.98 Å². The molecular formula is C11H19N3OS. The van der Waals surface area contributed by atoms with Crippen LogP contribution in [-0.4, -0.2) is 33.0 Å². The van der Waals surface area contributed by atoms with Gasteiger partial charge in [0, 0.05) is 23.7 Å². The maximum atomic E-state index is 9.32. The third-order valence-corrected chi connectivity index (χ3v) is 3.47. The topological polar surface area (TPSA) is 72.0 Å². The molecular weight excluding hydrogens is 222 g/mol. The Balaban J connectivity index is 2.55. The Labute approximate surface area is 101 Å². The predicted molar refractivity (Wildman–Crippen MR) is 66.2 cm³/mol. The Morgan fingerprint density at radius 3 is 2.69 bits per heavy atom. The van der Waals surface area contributed by atoms with E-state index in [1.165, 1.54) is 11.8 Å². The van der Waals surface area contributed by atoms with Crippen LogP contribution in [-0.2, 0) is 0 Å². The van der Waals surface area contributed by atoms with Crippen molar-refractivity contribution in [2.24, 2.45) is 11.7 Å². The fourth-order valence-electron chi connectivity index (χ4n) is 1.46. The smallest absolute Gasteiger partial charge is 0.115 e. The van der Waals surface area contributed by atoms with Crippen LogP contribution in [0.2, 0.25) is 0 Å². The summed E-state index contributed by atoms with van der Waals surface area (Å²) in [7, 11) is 0. The van der Waals surface area contributed by atoms with E-state index in [1.54, 1.807) is 18.6 Å². The van der Waals surface area contributed by atoms with E-state index in [9.17, 15) is 5.11 Å². The lowest BCUT2D eigenvalue weighted by Crippen LogP contribution is -2.36. The molecule has 16 heavy (non-hydrogen) atoms. The van der Waals surface area contributed by atoms with Crippen molar-refractivity contribution in [1.29, 1.82) is 0 Å². The highest BCUT2D eigenvalue weighted by Crippen LogP contribution is 2.24. The first-order chi connectivity index (χ1) is 7.63. The SMILES string of the molecule is CC(C)CC(N)C(CO)Sc1cnccn1. The van der Waals surface area contributed by atoms with Crippen LogP contribution in [0.5, 0.6) is 0 Å². The Hall–Kier alpha value is -0.650. The molecule has 0 aliphatic rings. The van der Waals surface area contributed by atoms with Crippen molar-refractivity contribution >= 4 is 11.8 Å². The zero-order valence-electron chi connectivity index (χ0n) is 9.71. The van der Waals surface area contributed by atoms with Gasteiger partial charge in [0.15, 0.2) is 0 Å². The molecule has 1 aromatic heterocycles. The third kappa shape index (κ3) is 4.47. The number of aliphatic hydroxyl groups is 1. The van der Waals surface area contributed by atoms with Crippen LogP contribution in [0.25, 0.3) is 0 Å². The lowest BCUT2D eigenvalue weighted by molar-refractivity contribution is 0.275. The molecule has 1 aromatic rings. The van der Waals surface area contributed by atoms with Crippen LogP contribution in [0.4, 0.5) is 0 Å². The molecule has 0 aliphatic heterocycles. The van der Waals surface area contributed by atoms with Crippen molar-refractivity contribution in [3.63, 3.8) is 0 Å². The average molecular weight is 241 g/mol. The summed E-state index contributed by atoms with van der Waals surface area (Å²) in [5, 5.41) is 10.1. The molecule has 0 fully saturated rings. The summed E-state index contributed by atoms with van der Waals surface area (Å²) < 4.78 is 0. The quantitative estimate of drug-likeness (QED) is 0.735. The van der Waals surface area contributed by atoms with Crippen molar-refractivity contribution in [1.82, 2.24) is 9.97 Å². The first-order valence-corrected chi connectivity index (χ1v) is 6.30. The number of hydrogen-bond donors (Lipinski definition) is 2. The molecule has 0 spiro atoms. The minimum absolute atomic E-state index is 0.0147. The third-order valence-electron chi connectivity index (χ3n) is 2.21. The number of rotatable bonds is 6. The van der Waals surface area contributed by atoms with Crippen molar-refractivity contribution < 1.29 is 5.11 Å². The van der Waals surface area contributed by atoms with Gasteiger partial charge in [0.05, 0.1) is 12.8 Å². The van der Waals surface area contributed by atoms with E-state index < -0.39 is 0 Å². The predicted octanol–water partition coefficient (Wildman–Crippen LogP) is 1.30.